The van der Waals surface area contributed by atoms with Crippen LogP contribution in [0.5, 0.6) is 0 Å². The standard InChI is InChI=1S/C5H6N2.C5H4O2/c1-5-4-6-2-3-7-5;6-4-5-2-1-3-7-5/h2-4H,1H3;1-4H. The SMILES string of the molecule is Cc1cnccn1.O=Cc1ccco1. The van der Waals surface area contributed by atoms with Crippen LogP contribution in [0.3, 0.4) is 0 Å². The lowest BCUT2D eigenvalue weighted by molar-refractivity contribution is 0.110. The van der Waals surface area contributed by atoms with Crippen molar-refractivity contribution in [3.8, 4) is 0 Å². The Labute approximate surface area is 81.6 Å². The van der Waals surface area contributed by atoms with Gasteiger partial charge in [0.1, 0.15) is 0 Å². The highest BCUT2D eigenvalue weighted by Gasteiger charge is 1.84. The maximum absolute atomic E-state index is 9.77. The predicted octanol–water partition coefficient (Wildman–Crippen LogP) is 1.88. The summed E-state index contributed by atoms with van der Waals surface area (Å²) in [6.07, 6.45) is 7.19. The maximum Gasteiger partial charge on any atom is 0.185 e. The largest absolute Gasteiger partial charge is 0.462 e. The molecule has 0 unspecified atom stereocenters. The Kier molecular flexibility index (Phi) is 4.07. The van der Waals surface area contributed by atoms with E-state index in [4.69, 9.17) is 0 Å². The van der Waals surface area contributed by atoms with Gasteiger partial charge >= 0.3 is 0 Å². The van der Waals surface area contributed by atoms with Gasteiger partial charge in [-0.1, -0.05) is 0 Å². The Morgan fingerprint density at radius 1 is 1.43 bits per heavy atom. The van der Waals surface area contributed by atoms with Crippen molar-refractivity contribution in [2.75, 3.05) is 0 Å². The zero-order chi connectivity index (χ0) is 10.2. The molecule has 0 spiro atoms. The van der Waals surface area contributed by atoms with E-state index >= 15 is 0 Å². The third kappa shape index (κ3) is 3.62. The van der Waals surface area contributed by atoms with Crippen LogP contribution >= 0.6 is 0 Å². The van der Waals surface area contributed by atoms with Gasteiger partial charge in [-0.25, -0.2) is 0 Å². The molecule has 0 radical (unpaired) electrons. The summed E-state index contributed by atoms with van der Waals surface area (Å²) in [7, 11) is 0. The fraction of sp³-hybridized carbons (Fsp3) is 0.100. The monoisotopic (exact) mass is 190 g/mol. The van der Waals surface area contributed by atoms with E-state index in [2.05, 4.69) is 14.4 Å². The summed E-state index contributed by atoms with van der Waals surface area (Å²) in [6, 6.07) is 3.27. The number of furan rings is 1. The summed E-state index contributed by atoms with van der Waals surface area (Å²) >= 11 is 0. The number of carbonyl (C=O) groups is 1. The molecule has 4 heteroatoms. The highest BCUT2D eigenvalue weighted by Crippen LogP contribution is 1.92. The first-order valence-corrected chi connectivity index (χ1v) is 4.04. The molecule has 0 amide bonds. The molecule has 14 heavy (non-hydrogen) atoms. The van der Waals surface area contributed by atoms with Gasteiger partial charge in [-0.3, -0.25) is 14.8 Å². The van der Waals surface area contributed by atoms with Crippen molar-refractivity contribution in [1.29, 1.82) is 0 Å². The topological polar surface area (TPSA) is 56.0 Å². The van der Waals surface area contributed by atoms with Crippen molar-refractivity contribution >= 4 is 6.29 Å². The van der Waals surface area contributed by atoms with Crippen molar-refractivity contribution in [2.24, 2.45) is 0 Å². The van der Waals surface area contributed by atoms with E-state index < -0.39 is 0 Å². The summed E-state index contributed by atoms with van der Waals surface area (Å²) in [5.41, 5.74) is 0.961. The summed E-state index contributed by atoms with van der Waals surface area (Å²) in [5.74, 6) is 0.375. The van der Waals surface area contributed by atoms with E-state index in [1.54, 1.807) is 30.7 Å². The number of aryl methyl sites for hydroxylation is 1. The minimum Gasteiger partial charge on any atom is -0.462 e. The summed E-state index contributed by atoms with van der Waals surface area (Å²) in [4.78, 5) is 17.5. The number of nitrogens with zero attached hydrogens (tertiary/aromatic N) is 2. The molecule has 0 bridgehead atoms. The number of hydrogen-bond donors (Lipinski definition) is 0. The Hall–Kier alpha value is -1.97. The Morgan fingerprint density at radius 3 is 2.57 bits per heavy atom. The predicted molar refractivity (Wildman–Crippen MR) is 50.9 cm³/mol. The Bertz CT molecular complexity index is 357. The van der Waals surface area contributed by atoms with E-state index in [0.29, 0.717) is 12.0 Å². The molecule has 0 fully saturated rings. The molecule has 2 rings (SSSR count). The number of aldehydes is 1. The van der Waals surface area contributed by atoms with E-state index in [1.165, 1.54) is 6.26 Å². The third-order valence-electron chi connectivity index (χ3n) is 1.35. The van der Waals surface area contributed by atoms with Gasteiger partial charge in [0.25, 0.3) is 0 Å². The van der Waals surface area contributed by atoms with Gasteiger partial charge in [-0.2, -0.15) is 0 Å². The lowest BCUT2D eigenvalue weighted by atomic mass is 10.5. The van der Waals surface area contributed by atoms with Crippen LogP contribution in [0.4, 0.5) is 0 Å². The van der Waals surface area contributed by atoms with Gasteiger partial charge in [0.05, 0.1) is 12.0 Å². The minimum atomic E-state index is 0.375. The number of aromatic nitrogens is 2. The fourth-order valence-corrected chi connectivity index (χ4v) is 0.732. The molecule has 72 valence electrons. The van der Waals surface area contributed by atoms with E-state index in [1.807, 2.05) is 6.92 Å². The first-order chi connectivity index (χ1) is 6.83. The molecule has 2 aromatic heterocycles. The van der Waals surface area contributed by atoms with Crippen molar-refractivity contribution in [2.45, 2.75) is 6.92 Å². The normalized spacial score (nSPS) is 8.64. The van der Waals surface area contributed by atoms with Crippen molar-refractivity contribution in [3.05, 3.63) is 48.4 Å². The third-order valence-corrected chi connectivity index (χ3v) is 1.35. The molecule has 0 saturated carbocycles. The molecular weight excluding hydrogens is 180 g/mol. The van der Waals surface area contributed by atoms with Gasteiger partial charge < -0.3 is 4.42 Å². The molecular formula is C10H10N2O2. The molecule has 0 atom stereocenters. The molecule has 4 nitrogen and oxygen atoms in total. The molecule has 0 N–H and O–H groups in total. The first kappa shape index (κ1) is 10.1. The minimum absolute atomic E-state index is 0.375. The van der Waals surface area contributed by atoms with Crippen molar-refractivity contribution in [1.82, 2.24) is 9.97 Å². The smallest absolute Gasteiger partial charge is 0.185 e. The van der Waals surface area contributed by atoms with E-state index in [9.17, 15) is 4.79 Å². The maximum atomic E-state index is 9.77. The zero-order valence-corrected chi connectivity index (χ0v) is 7.75. The highest BCUT2D eigenvalue weighted by atomic mass is 16.3. The van der Waals surface area contributed by atoms with Crippen LogP contribution in [0, 0.1) is 6.92 Å². The fourth-order valence-electron chi connectivity index (χ4n) is 0.732. The Balaban J connectivity index is 0.000000140. The average Bonchev–Trinajstić information content (AvgIpc) is 2.72. The van der Waals surface area contributed by atoms with Crippen LogP contribution in [0.15, 0.2) is 41.4 Å². The van der Waals surface area contributed by atoms with Crippen LogP contribution < -0.4 is 0 Å². The molecule has 2 heterocycles. The highest BCUT2D eigenvalue weighted by molar-refractivity contribution is 5.69. The summed E-state index contributed by atoms with van der Waals surface area (Å²) < 4.78 is 4.61. The van der Waals surface area contributed by atoms with Crippen LogP contribution in [0.1, 0.15) is 16.2 Å². The molecule has 0 aliphatic heterocycles. The van der Waals surface area contributed by atoms with Gasteiger partial charge in [-0.05, 0) is 19.1 Å². The van der Waals surface area contributed by atoms with Crippen LogP contribution in [-0.4, -0.2) is 16.3 Å². The second-order valence-corrected chi connectivity index (χ2v) is 2.48. The number of hydrogen-bond acceptors (Lipinski definition) is 4. The van der Waals surface area contributed by atoms with Crippen LogP contribution in [0.2, 0.25) is 0 Å². The second-order valence-electron chi connectivity index (χ2n) is 2.48. The average molecular weight is 190 g/mol. The van der Waals surface area contributed by atoms with Gasteiger partial charge in [0.2, 0.25) is 0 Å². The molecule has 0 saturated heterocycles. The lowest BCUT2D eigenvalue weighted by Crippen LogP contribution is -1.77. The molecule has 0 aliphatic rings. The van der Waals surface area contributed by atoms with Crippen molar-refractivity contribution < 1.29 is 9.21 Å². The van der Waals surface area contributed by atoms with Gasteiger partial charge in [-0.15, -0.1) is 0 Å². The Morgan fingerprint density at radius 2 is 2.29 bits per heavy atom. The van der Waals surface area contributed by atoms with Crippen LogP contribution in [0.25, 0.3) is 0 Å². The molecule has 0 aromatic carbocycles. The second kappa shape index (κ2) is 5.64. The van der Waals surface area contributed by atoms with Crippen LogP contribution in [-0.2, 0) is 0 Å². The van der Waals surface area contributed by atoms with Gasteiger partial charge in [0.15, 0.2) is 12.0 Å². The van der Waals surface area contributed by atoms with E-state index in [0.717, 1.165) is 5.69 Å². The molecule has 2 aromatic rings. The van der Waals surface area contributed by atoms with Crippen molar-refractivity contribution in [3.63, 3.8) is 0 Å². The van der Waals surface area contributed by atoms with E-state index in [-0.39, 0.29) is 0 Å². The van der Waals surface area contributed by atoms with Gasteiger partial charge in [0, 0.05) is 18.6 Å². The molecule has 0 aliphatic carbocycles. The zero-order valence-electron chi connectivity index (χ0n) is 7.75. The quantitative estimate of drug-likeness (QED) is 0.644. The first-order valence-electron chi connectivity index (χ1n) is 4.04. The number of carbonyl (C=O) groups excluding carboxylic acids is 1. The lowest BCUT2D eigenvalue weighted by Gasteiger charge is -1.81. The summed E-state index contributed by atoms with van der Waals surface area (Å²) in [5, 5.41) is 0. The summed E-state index contributed by atoms with van der Waals surface area (Å²) in [6.45, 7) is 1.91. The number of rotatable bonds is 1.